The van der Waals surface area contributed by atoms with E-state index in [1.54, 1.807) is 18.2 Å². The van der Waals surface area contributed by atoms with Crippen LogP contribution in [0.4, 0.5) is 0 Å². The summed E-state index contributed by atoms with van der Waals surface area (Å²) >= 11 is 1.14. The molecule has 1 fully saturated rings. The van der Waals surface area contributed by atoms with E-state index in [4.69, 9.17) is 4.52 Å². The van der Waals surface area contributed by atoms with Gasteiger partial charge in [-0.25, -0.2) is 8.42 Å². The van der Waals surface area contributed by atoms with Gasteiger partial charge < -0.3 is 9.84 Å². The summed E-state index contributed by atoms with van der Waals surface area (Å²) in [6.45, 7) is 10.9. The van der Waals surface area contributed by atoms with Gasteiger partial charge in [0, 0.05) is 17.6 Å². The molecule has 1 aliphatic heterocycles. The molecule has 0 saturated carbocycles. The van der Waals surface area contributed by atoms with Crippen molar-refractivity contribution in [2.24, 2.45) is 0 Å². The minimum absolute atomic E-state index is 0.228. The van der Waals surface area contributed by atoms with Gasteiger partial charge in [-0.15, -0.1) is 11.3 Å². The number of sulfonamides is 1. The molecule has 1 N–H and O–H groups in total. The minimum Gasteiger partial charge on any atom is -0.355 e. The van der Waals surface area contributed by atoms with Crippen molar-refractivity contribution in [1.82, 2.24) is 14.8 Å². The number of hydrogen-bond donors (Lipinski definition) is 1. The van der Waals surface area contributed by atoms with Crippen LogP contribution in [-0.2, 0) is 14.8 Å². The summed E-state index contributed by atoms with van der Waals surface area (Å²) < 4.78 is 33.9. The molecule has 1 atom stereocenters. The van der Waals surface area contributed by atoms with Crippen molar-refractivity contribution in [3.8, 4) is 10.6 Å². The van der Waals surface area contributed by atoms with Gasteiger partial charge in [-0.1, -0.05) is 11.7 Å². The maximum atomic E-state index is 13.5. The molecule has 2 aromatic rings. The molecule has 0 spiro atoms. The molecule has 9 heteroatoms. The lowest BCUT2D eigenvalue weighted by atomic mass is 9.94. The van der Waals surface area contributed by atoms with Crippen LogP contribution in [0.2, 0.25) is 0 Å². The first-order valence-electron chi connectivity index (χ1n) is 8.49. The predicted molar refractivity (Wildman–Crippen MR) is 104 cm³/mol. The highest BCUT2D eigenvalue weighted by molar-refractivity contribution is 7.91. The van der Waals surface area contributed by atoms with Gasteiger partial charge in [-0.05, 0) is 52.3 Å². The second-order valence-corrected chi connectivity index (χ2v) is 10.8. The van der Waals surface area contributed by atoms with Gasteiger partial charge in [0.1, 0.15) is 4.21 Å². The van der Waals surface area contributed by atoms with Gasteiger partial charge in [0.2, 0.25) is 5.91 Å². The van der Waals surface area contributed by atoms with E-state index in [1.807, 2.05) is 27.7 Å². The van der Waals surface area contributed by atoms with Crippen LogP contribution in [0, 0.1) is 0 Å². The SMILES string of the molecule is C=CC(=O)NC1CC(C)(C)N(S(=O)(=O)c2ccc(-c3ccno3)s2)C1(C)C. The summed E-state index contributed by atoms with van der Waals surface area (Å²) in [7, 11) is -3.79. The van der Waals surface area contributed by atoms with Gasteiger partial charge in [-0.3, -0.25) is 4.79 Å². The summed E-state index contributed by atoms with van der Waals surface area (Å²) in [6.07, 6.45) is 3.21. The maximum Gasteiger partial charge on any atom is 0.253 e. The number of thiophene rings is 1. The van der Waals surface area contributed by atoms with E-state index in [1.165, 1.54) is 16.6 Å². The van der Waals surface area contributed by atoms with Crippen LogP contribution in [0.1, 0.15) is 34.1 Å². The molecule has 7 nitrogen and oxygen atoms in total. The average molecular weight is 410 g/mol. The number of hydrogen-bond acceptors (Lipinski definition) is 6. The number of amides is 1. The van der Waals surface area contributed by atoms with Crippen molar-refractivity contribution >= 4 is 27.3 Å². The largest absolute Gasteiger partial charge is 0.355 e. The van der Waals surface area contributed by atoms with E-state index in [9.17, 15) is 13.2 Å². The molecular weight excluding hydrogens is 386 g/mol. The molecule has 1 aliphatic rings. The Morgan fingerprint density at radius 2 is 2.07 bits per heavy atom. The van der Waals surface area contributed by atoms with Gasteiger partial charge in [0.05, 0.1) is 16.6 Å². The quantitative estimate of drug-likeness (QED) is 0.766. The van der Waals surface area contributed by atoms with Gasteiger partial charge in [-0.2, -0.15) is 4.31 Å². The number of aromatic nitrogens is 1. The second-order valence-electron chi connectivity index (χ2n) is 7.70. The Balaban J connectivity index is 2.00. The molecule has 146 valence electrons. The van der Waals surface area contributed by atoms with E-state index in [0.29, 0.717) is 17.1 Å². The zero-order valence-electron chi connectivity index (χ0n) is 15.7. The Hall–Kier alpha value is -1.97. The molecule has 3 rings (SSSR count). The fraction of sp³-hybridized carbons (Fsp3) is 0.444. The molecule has 0 aliphatic carbocycles. The number of nitrogens with one attached hydrogen (secondary N) is 1. The van der Waals surface area contributed by atoms with E-state index in [2.05, 4.69) is 17.1 Å². The highest BCUT2D eigenvalue weighted by Crippen LogP contribution is 2.46. The van der Waals surface area contributed by atoms with Crippen LogP contribution in [0.3, 0.4) is 0 Å². The maximum absolute atomic E-state index is 13.5. The second kappa shape index (κ2) is 6.57. The summed E-state index contributed by atoms with van der Waals surface area (Å²) in [5, 5.41) is 6.54. The molecule has 0 bridgehead atoms. The third-order valence-corrected chi connectivity index (χ3v) is 8.75. The first kappa shape index (κ1) is 19.8. The molecule has 0 radical (unpaired) electrons. The zero-order chi connectivity index (χ0) is 20.0. The average Bonchev–Trinajstić information content (AvgIpc) is 3.26. The third-order valence-electron chi connectivity index (χ3n) is 4.89. The van der Waals surface area contributed by atoms with Crippen molar-refractivity contribution in [3.63, 3.8) is 0 Å². The Labute approximate surface area is 163 Å². The Morgan fingerprint density at radius 3 is 2.67 bits per heavy atom. The zero-order valence-corrected chi connectivity index (χ0v) is 17.4. The molecule has 1 unspecified atom stereocenters. The Bertz CT molecular complexity index is 959. The highest BCUT2D eigenvalue weighted by atomic mass is 32.2. The summed E-state index contributed by atoms with van der Waals surface area (Å²) in [5.74, 6) is 0.212. The number of nitrogens with zero attached hydrogens (tertiary/aromatic N) is 2. The topological polar surface area (TPSA) is 92.5 Å². The highest BCUT2D eigenvalue weighted by Gasteiger charge is 2.57. The molecule has 27 heavy (non-hydrogen) atoms. The van der Waals surface area contributed by atoms with Crippen molar-refractivity contribution in [1.29, 1.82) is 0 Å². The first-order chi connectivity index (χ1) is 12.5. The lowest BCUT2D eigenvalue weighted by Gasteiger charge is -2.39. The molecule has 1 amide bonds. The van der Waals surface area contributed by atoms with E-state index in [0.717, 1.165) is 11.3 Å². The predicted octanol–water partition coefficient (Wildman–Crippen LogP) is 3.03. The Kier molecular flexibility index (Phi) is 4.82. The Morgan fingerprint density at radius 1 is 1.37 bits per heavy atom. The smallest absolute Gasteiger partial charge is 0.253 e. The van der Waals surface area contributed by atoms with E-state index in [-0.39, 0.29) is 16.2 Å². The first-order valence-corrected chi connectivity index (χ1v) is 10.7. The molecule has 1 saturated heterocycles. The fourth-order valence-corrected chi connectivity index (χ4v) is 7.37. The van der Waals surface area contributed by atoms with Gasteiger partial charge in [0.15, 0.2) is 5.76 Å². The van der Waals surface area contributed by atoms with Crippen molar-refractivity contribution in [2.75, 3.05) is 0 Å². The molecule has 0 aromatic carbocycles. The van der Waals surface area contributed by atoms with Crippen LogP contribution >= 0.6 is 11.3 Å². The summed E-state index contributed by atoms with van der Waals surface area (Å²) in [4.78, 5) is 12.5. The van der Waals surface area contributed by atoms with Crippen molar-refractivity contribution in [2.45, 2.75) is 55.4 Å². The van der Waals surface area contributed by atoms with Crippen LogP contribution in [0.25, 0.3) is 10.6 Å². The summed E-state index contributed by atoms with van der Waals surface area (Å²) in [6, 6.07) is 4.65. The fourth-order valence-electron chi connectivity index (χ4n) is 3.87. The molecular formula is C18H23N3O4S2. The lowest BCUT2D eigenvalue weighted by Crippen LogP contribution is -2.56. The van der Waals surface area contributed by atoms with Crippen LogP contribution in [-0.4, -0.2) is 40.9 Å². The van der Waals surface area contributed by atoms with Crippen LogP contribution < -0.4 is 5.32 Å². The minimum atomic E-state index is -3.79. The number of carbonyl (C=O) groups excluding carboxylic acids is 1. The molecule has 2 aromatic heterocycles. The molecule has 3 heterocycles. The lowest BCUT2D eigenvalue weighted by molar-refractivity contribution is -0.117. The monoisotopic (exact) mass is 409 g/mol. The normalized spacial score (nSPS) is 21.9. The standard InChI is InChI=1S/C18H23N3O4S2/c1-6-15(22)20-14-11-17(2,3)21(18(14,4)5)27(23,24)16-8-7-13(26-16)12-9-10-19-25-12/h6-10,14H,1,11H2,2-5H3,(H,20,22). The van der Waals surface area contributed by atoms with Crippen LogP contribution in [0.5, 0.6) is 0 Å². The van der Waals surface area contributed by atoms with Gasteiger partial charge >= 0.3 is 0 Å². The third kappa shape index (κ3) is 3.35. The summed E-state index contributed by atoms with van der Waals surface area (Å²) in [5.41, 5.74) is -1.48. The van der Waals surface area contributed by atoms with Crippen molar-refractivity contribution in [3.05, 3.63) is 37.1 Å². The van der Waals surface area contributed by atoms with Gasteiger partial charge in [0.25, 0.3) is 10.0 Å². The number of rotatable bonds is 5. The van der Waals surface area contributed by atoms with E-state index < -0.39 is 21.1 Å². The van der Waals surface area contributed by atoms with Crippen molar-refractivity contribution < 1.29 is 17.7 Å². The number of carbonyl (C=O) groups is 1. The van der Waals surface area contributed by atoms with E-state index >= 15 is 0 Å². The van der Waals surface area contributed by atoms with Crippen LogP contribution in [0.15, 0.2) is 45.8 Å².